The smallest absolute Gasteiger partial charge is 0.234 e. The number of hydrogen-bond donors (Lipinski definition) is 2. The summed E-state index contributed by atoms with van der Waals surface area (Å²) in [5.74, 6) is 0.541. The highest BCUT2D eigenvalue weighted by atomic mass is 16.3. The summed E-state index contributed by atoms with van der Waals surface area (Å²) >= 11 is 0. The highest BCUT2D eigenvalue weighted by molar-refractivity contribution is 5.78. The number of nitrogens with one attached hydrogen (secondary N) is 1. The summed E-state index contributed by atoms with van der Waals surface area (Å²) in [7, 11) is 0. The summed E-state index contributed by atoms with van der Waals surface area (Å²) < 4.78 is 0. The van der Waals surface area contributed by atoms with Crippen molar-refractivity contribution in [3.05, 3.63) is 0 Å². The van der Waals surface area contributed by atoms with Crippen LogP contribution in [0.1, 0.15) is 33.6 Å². The quantitative estimate of drug-likeness (QED) is 0.730. The molecule has 4 heteroatoms. The van der Waals surface area contributed by atoms with Gasteiger partial charge >= 0.3 is 0 Å². The van der Waals surface area contributed by atoms with Crippen LogP contribution in [0.3, 0.4) is 0 Å². The molecule has 2 aliphatic rings. The fraction of sp³-hybridized carbons (Fsp3) is 0.917. The number of carbonyl (C=O) groups excluding carboxylic acids is 1. The number of β-amino-alcohol motifs (C(OH)–C–C–N with tert-alkyl or cyclic N) is 1. The molecule has 0 aromatic rings. The van der Waals surface area contributed by atoms with Crippen LogP contribution in [-0.4, -0.2) is 46.7 Å². The first-order valence-electron chi connectivity index (χ1n) is 6.04. The van der Waals surface area contributed by atoms with Crippen molar-refractivity contribution >= 4 is 5.91 Å². The molecule has 1 aliphatic heterocycles. The molecule has 1 amide bonds. The van der Waals surface area contributed by atoms with Gasteiger partial charge in [0.25, 0.3) is 0 Å². The second-order valence-electron chi connectivity index (χ2n) is 6.32. The Bertz CT molecular complexity index is 286. The van der Waals surface area contributed by atoms with Crippen molar-refractivity contribution in [2.75, 3.05) is 19.6 Å². The van der Waals surface area contributed by atoms with E-state index < -0.39 is 5.60 Å². The number of amides is 1. The topological polar surface area (TPSA) is 52.6 Å². The lowest BCUT2D eigenvalue weighted by Gasteiger charge is -2.46. The SMILES string of the molecule is CC(C)(C)NC(=O)CN1CC(O)(C2CC2)C1. The fourth-order valence-electron chi connectivity index (χ4n) is 2.38. The maximum atomic E-state index is 11.6. The van der Waals surface area contributed by atoms with Crippen LogP contribution in [0.2, 0.25) is 0 Å². The molecule has 1 heterocycles. The molecule has 4 nitrogen and oxygen atoms in total. The van der Waals surface area contributed by atoms with E-state index in [2.05, 4.69) is 5.32 Å². The lowest BCUT2D eigenvalue weighted by molar-refractivity contribution is -0.137. The first-order chi connectivity index (χ1) is 7.28. The van der Waals surface area contributed by atoms with Gasteiger partial charge in [-0.05, 0) is 39.5 Å². The van der Waals surface area contributed by atoms with Crippen LogP contribution >= 0.6 is 0 Å². The first kappa shape index (κ1) is 11.9. The molecule has 1 saturated heterocycles. The molecular formula is C12H22N2O2. The van der Waals surface area contributed by atoms with Crippen LogP contribution in [0.15, 0.2) is 0 Å². The maximum Gasteiger partial charge on any atom is 0.234 e. The molecule has 0 bridgehead atoms. The zero-order valence-electron chi connectivity index (χ0n) is 10.4. The molecule has 2 rings (SSSR count). The normalized spacial score (nSPS) is 25.0. The van der Waals surface area contributed by atoms with Crippen molar-refractivity contribution < 1.29 is 9.90 Å². The Morgan fingerprint density at radius 2 is 2.00 bits per heavy atom. The molecule has 0 aromatic carbocycles. The Balaban J connectivity index is 1.71. The number of hydrogen-bond acceptors (Lipinski definition) is 3. The molecule has 1 saturated carbocycles. The lowest BCUT2D eigenvalue weighted by atomic mass is 9.89. The van der Waals surface area contributed by atoms with Gasteiger partial charge in [0.05, 0.1) is 12.1 Å². The number of nitrogens with zero attached hydrogens (tertiary/aromatic N) is 1. The molecule has 1 aliphatic carbocycles. The van der Waals surface area contributed by atoms with E-state index in [0.29, 0.717) is 25.6 Å². The monoisotopic (exact) mass is 226 g/mol. The Morgan fingerprint density at radius 1 is 1.44 bits per heavy atom. The highest BCUT2D eigenvalue weighted by Gasteiger charge is 2.51. The molecule has 2 N–H and O–H groups in total. The van der Waals surface area contributed by atoms with E-state index in [1.165, 1.54) is 0 Å². The van der Waals surface area contributed by atoms with Gasteiger partial charge in [0.2, 0.25) is 5.91 Å². The van der Waals surface area contributed by atoms with Gasteiger partial charge in [0.15, 0.2) is 0 Å². The third kappa shape index (κ3) is 2.74. The average Bonchev–Trinajstić information content (AvgIpc) is 2.78. The predicted molar refractivity (Wildman–Crippen MR) is 62.0 cm³/mol. The third-order valence-electron chi connectivity index (χ3n) is 3.21. The number of likely N-dealkylation sites (tertiary alicyclic amines) is 1. The Labute approximate surface area is 97.0 Å². The van der Waals surface area contributed by atoms with E-state index in [4.69, 9.17) is 0 Å². The van der Waals surface area contributed by atoms with Crippen LogP contribution in [0.4, 0.5) is 0 Å². The second-order valence-corrected chi connectivity index (χ2v) is 6.32. The molecule has 16 heavy (non-hydrogen) atoms. The van der Waals surface area contributed by atoms with Crippen molar-refractivity contribution in [3.63, 3.8) is 0 Å². The van der Waals surface area contributed by atoms with Crippen LogP contribution in [0.25, 0.3) is 0 Å². The molecule has 0 aromatic heterocycles. The zero-order valence-corrected chi connectivity index (χ0v) is 10.4. The van der Waals surface area contributed by atoms with Gasteiger partial charge in [-0.1, -0.05) is 0 Å². The van der Waals surface area contributed by atoms with Gasteiger partial charge in [-0.25, -0.2) is 0 Å². The average molecular weight is 226 g/mol. The van der Waals surface area contributed by atoms with Crippen molar-refractivity contribution in [2.45, 2.75) is 44.8 Å². The standard InChI is InChI=1S/C12H22N2O2/c1-11(2,3)13-10(15)6-14-7-12(16,8-14)9-4-5-9/h9,16H,4-8H2,1-3H3,(H,13,15). The van der Waals surface area contributed by atoms with Crippen molar-refractivity contribution in [2.24, 2.45) is 5.92 Å². The van der Waals surface area contributed by atoms with Gasteiger partial charge in [-0.3, -0.25) is 9.69 Å². The number of carbonyl (C=O) groups is 1. The van der Waals surface area contributed by atoms with Crippen molar-refractivity contribution in [3.8, 4) is 0 Å². The summed E-state index contributed by atoms with van der Waals surface area (Å²) in [6.07, 6.45) is 2.30. The fourth-order valence-corrected chi connectivity index (χ4v) is 2.38. The minimum atomic E-state index is -0.484. The molecule has 0 radical (unpaired) electrons. The summed E-state index contributed by atoms with van der Waals surface area (Å²) in [6.45, 7) is 7.65. The second kappa shape index (κ2) is 3.70. The Hall–Kier alpha value is -0.610. The van der Waals surface area contributed by atoms with Crippen molar-refractivity contribution in [1.82, 2.24) is 10.2 Å². The summed E-state index contributed by atoms with van der Waals surface area (Å²) in [5.41, 5.74) is -0.656. The van der Waals surface area contributed by atoms with Crippen LogP contribution in [0, 0.1) is 5.92 Å². The van der Waals surface area contributed by atoms with Gasteiger partial charge in [-0.15, -0.1) is 0 Å². The van der Waals surface area contributed by atoms with Crippen LogP contribution in [-0.2, 0) is 4.79 Å². The number of aliphatic hydroxyl groups is 1. The summed E-state index contributed by atoms with van der Waals surface area (Å²) in [6, 6.07) is 0. The number of rotatable bonds is 3. The largest absolute Gasteiger partial charge is 0.387 e. The van der Waals surface area contributed by atoms with Gasteiger partial charge in [0, 0.05) is 18.6 Å². The van der Waals surface area contributed by atoms with Crippen LogP contribution in [0.5, 0.6) is 0 Å². The first-order valence-corrected chi connectivity index (χ1v) is 6.04. The van der Waals surface area contributed by atoms with Crippen molar-refractivity contribution in [1.29, 1.82) is 0 Å². The lowest BCUT2D eigenvalue weighted by Crippen LogP contribution is -2.65. The molecule has 0 atom stereocenters. The molecule has 0 spiro atoms. The summed E-state index contributed by atoms with van der Waals surface area (Å²) in [4.78, 5) is 13.6. The van der Waals surface area contributed by atoms with Crippen LogP contribution < -0.4 is 5.32 Å². The zero-order chi connectivity index (χ0) is 12.0. The van der Waals surface area contributed by atoms with Gasteiger partial charge in [0.1, 0.15) is 0 Å². The van der Waals surface area contributed by atoms with E-state index in [0.717, 1.165) is 12.8 Å². The maximum absolute atomic E-state index is 11.6. The van der Waals surface area contributed by atoms with E-state index in [1.54, 1.807) is 0 Å². The Morgan fingerprint density at radius 3 is 2.44 bits per heavy atom. The molecule has 0 unspecified atom stereocenters. The minimum absolute atomic E-state index is 0.0466. The van der Waals surface area contributed by atoms with E-state index in [1.807, 2.05) is 25.7 Å². The molecule has 92 valence electrons. The molecule has 2 fully saturated rings. The molecular weight excluding hydrogens is 204 g/mol. The van der Waals surface area contributed by atoms with Gasteiger partial charge < -0.3 is 10.4 Å². The van der Waals surface area contributed by atoms with Gasteiger partial charge in [-0.2, -0.15) is 0 Å². The minimum Gasteiger partial charge on any atom is -0.387 e. The predicted octanol–water partition coefficient (Wildman–Crippen LogP) is 0.358. The third-order valence-corrected chi connectivity index (χ3v) is 3.21. The summed E-state index contributed by atoms with van der Waals surface area (Å²) in [5, 5.41) is 13.0. The van der Waals surface area contributed by atoms with E-state index >= 15 is 0 Å². The van der Waals surface area contributed by atoms with E-state index in [9.17, 15) is 9.90 Å². The van der Waals surface area contributed by atoms with E-state index in [-0.39, 0.29) is 11.4 Å². The Kier molecular flexibility index (Phi) is 2.75. The highest BCUT2D eigenvalue weighted by Crippen LogP contribution is 2.44.